The van der Waals surface area contributed by atoms with Gasteiger partial charge in [0, 0.05) is 17.9 Å². The van der Waals surface area contributed by atoms with Crippen molar-refractivity contribution in [3.63, 3.8) is 0 Å². The minimum Gasteiger partial charge on any atom is -0.465 e. The largest absolute Gasteiger partial charge is 0.465 e. The van der Waals surface area contributed by atoms with Gasteiger partial charge in [-0.25, -0.2) is 4.79 Å². The molecule has 0 aromatic heterocycles. The Hall–Kier alpha value is -1.32. The van der Waals surface area contributed by atoms with Gasteiger partial charge in [-0.3, -0.25) is 4.79 Å². The van der Waals surface area contributed by atoms with Crippen LogP contribution < -0.4 is 0 Å². The number of fused-ring (bicyclic) bond motifs is 5. The van der Waals surface area contributed by atoms with E-state index in [1.807, 2.05) is 0 Å². The molecule has 6 unspecified atom stereocenters. The third-order valence-electron chi connectivity index (χ3n) is 4.74. The Bertz CT molecular complexity index is 389. The fourth-order valence-corrected chi connectivity index (χ4v) is 4.02. The normalized spacial score (nSPS) is 46.5. The summed E-state index contributed by atoms with van der Waals surface area (Å²) in [4.78, 5) is 23.0. The van der Waals surface area contributed by atoms with Crippen LogP contribution >= 0.6 is 0 Å². The van der Waals surface area contributed by atoms with E-state index < -0.39 is 5.97 Å². The highest BCUT2D eigenvalue weighted by Crippen LogP contribution is 2.58. The fourth-order valence-electron chi connectivity index (χ4n) is 4.02. The molecule has 3 rings (SSSR count). The number of hydrogen-bond acceptors (Lipinski definition) is 4. The number of ether oxygens (including phenoxy) is 2. The fraction of sp³-hybridized carbons (Fsp3) is 0.692. The van der Waals surface area contributed by atoms with E-state index >= 15 is 0 Å². The second kappa shape index (κ2) is 3.59. The van der Waals surface area contributed by atoms with Gasteiger partial charge < -0.3 is 9.47 Å². The number of carbonyl (C=O) groups is 2. The molecule has 0 aromatic carbocycles. The Balaban J connectivity index is 1.82. The lowest BCUT2D eigenvalue weighted by Gasteiger charge is -2.33. The maximum absolute atomic E-state index is 11.7. The van der Waals surface area contributed by atoms with Gasteiger partial charge in [0.15, 0.2) is 0 Å². The molecule has 4 nitrogen and oxygen atoms in total. The first-order valence-corrected chi connectivity index (χ1v) is 6.13. The Morgan fingerprint density at radius 1 is 1.47 bits per heavy atom. The first-order valence-electron chi connectivity index (χ1n) is 6.13. The average molecular weight is 236 g/mol. The Kier molecular flexibility index (Phi) is 2.28. The van der Waals surface area contributed by atoms with Gasteiger partial charge in [0.2, 0.25) is 0 Å². The van der Waals surface area contributed by atoms with Crippen molar-refractivity contribution in [2.75, 3.05) is 6.61 Å². The van der Waals surface area contributed by atoms with E-state index in [1.54, 1.807) is 0 Å². The van der Waals surface area contributed by atoms with E-state index in [4.69, 9.17) is 9.47 Å². The van der Waals surface area contributed by atoms with E-state index in [0.717, 1.165) is 6.42 Å². The van der Waals surface area contributed by atoms with Crippen molar-refractivity contribution in [1.82, 2.24) is 0 Å². The third-order valence-corrected chi connectivity index (χ3v) is 4.74. The van der Waals surface area contributed by atoms with Gasteiger partial charge in [-0.05, 0) is 18.3 Å². The second-order valence-electron chi connectivity index (χ2n) is 5.35. The molecule has 6 atom stereocenters. The number of carbonyl (C=O) groups excluding carboxylic acids is 2. The predicted molar refractivity (Wildman–Crippen MR) is 58.8 cm³/mol. The molecule has 3 fully saturated rings. The zero-order chi connectivity index (χ0) is 12.2. The molecule has 1 saturated heterocycles. The minimum absolute atomic E-state index is 0.0428. The predicted octanol–water partition coefficient (Wildman–Crippen LogP) is 1.16. The van der Waals surface area contributed by atoms with Crippen LogP contribution in [0.2, 0.25) is 0 Å². The summed E-state index contributed by atoms with van der Waals surface area (Å²) in [6.45, 7) is 6.06. The van der Waals surface area contributed by atoms with Crippen molar-refractivity contribution >= 4 is 11.9 Å². The van der Waals surface area contributed by atoms with Crippen LogP contribution in [-0.4, -0.2) is 24.6 Å². The maximum atomic E-state index is 11.7. The van der Waals surface area contributed by atoms with E-state index in [9.17, 15) is 9.59 Å². The topological polar surface area (TPSA) is 52.6 Å². The molecular weight excluding hydrogens is 220 g/mol. The molecule has 1 aliphatic heterocycles. The highest BCUT2D eigenvalue weighted by Gasteiger charge is 2.63. The molecule has 0 radical (unpaired) electrons. The third kappa shape index (κ3) is 1.36. The summed E-state index contributed by atoms with van der Waals surface area (Å²) in [5.74, 6) is 0.740. The van der Waals surface area contributed by atoms with Gasteiger partial charge in [0.05, 0.1) is 12.5 Å². The molecule has 92 valence electrons. The summed E-state index contributed by atoms with van der Waals surface area (Å²) in [6.07, 6.45) is 2.03. The van der Waals surface area contributed by atoms with E-state index in [1.165, 1.54) is 6.08 Å². The summed E-state index contributed by atoms with van der Waals surface area (Å²) >= 11 is 0. The van der Waals surface area contributed by atoms with Crippen molar-refractivity contribution in [2.45, 2.75) is 19.4 Å². The summed E-state index contributed by atoms with van der Waals surface area (Å²) < 4.78 is 10.5. The molecule has 2 aliphatic carbocycles. The maximum Gasteiger partial charge on any atom is 0.330 e. The average Bonchev–Trinajstić information content (AvgIpc) is 2.94. The minimum atomic E-state index is -0.391. The molecule has 2 bridgehead atoms. The van der Waals surface area contributed by atoms with Crippen LogP contribution in [-0.2, 0) is 19.1 Å². The summed E-state index contributed by atoms with van der Waals surface area (Å²) in [5, 5.41) is 0. The molecule has 4 heteroatoms. The number of cyclic esters (lactones) is 1. The van der Waals surface area contributed by atoms with Gasteiger partial charge >= 0.3 is 11.9 Å². The second-order valence-corrected chi connectivity index (χ2v) is 5.35. The first kappa shape index (κ1) is 10.8. The zero-order valence-electron chi connectivity index (χ0n) is 9.80. The Morgan fingerprint density at radius 2 is 2.24 bits per heavy atom. The molecular formula is C13H16O4. The van der Waals surface area contributed by atoms with Crippen LogP contribution in [0.4, 0.5) is 0 Å². The van der Waals surface area contributed by atoms with Gasteiger partial charge in [0.1, 0.15) is 6.10 Å². The quantitative estimate of drug-likeness (QED) is 0.533. The van der Waals surface area contributed by atoms with Gasteiger partial charge in [-0.15, -0.1) is 0 Å². The first-order chi connectivity index (χ1) is 8.13. The molecule has 17 heavy (non-hydrogen) atoms. The van der Waals surface area contributed by atoms with Gasteiger partial charge in [-0.1, -0.05) is 13.5 Å². The number of hydrogen-bond donors (Lipinski definition) is 0. The molecule has 1 heterocycles. The summed E-state index contributed by atoms with van der Waals surface area (Å²) in [5.41, 5.74) is 0. The van der Waals surface area contributed by atoms with Crippen LogP contribution in [0, 0.1) is 29.6 Å². The van der Waals surface area contributed by atoms with Crippen LogP contribution in [0.5, 0.6) is 0 Å². The highest BCUT2D eigenvalue weighted by molar-refractivity contribution is 5.81. The van der Waals surface area contributed by atoms with Crippen LogP contribution in [0.15, 0.2) is 12.7 Å². The van der Waals surface area contributed by atoms with Gasteiger partial charge in [0.25, 0.3) is 0 Å². The molecule has 3 aliphatic rings. The highest BCUT2D eigenvalue weighted by atomic mass is 16.6. The molecule has 0 N–H and O–H groups in total. The summed E-state index contributed by atoms with van der Waals surface area (Å²) in [7, 11) is 0. The zero-order valence-corrected chi connectivity index (χ0v) is 9.80. The number of rotatable bonds is 2. The lowest BCUT2D eigenvalue weighted by atomic mass is 9.74. The van der Waals surface area contributed by atoms with Crippen molar-refractivity contribution in [3.05, 3.63) is 12.7 Å². The van der Waals surface area contributed by atoms with Crippen LogP contribution in [0.1, 0.15) is 13.3 Å². The van der Waals surface area contributed by atoms with Crippen molar-refractivity contribution in [3.8, 4) is 0 Å². The van der Waals surface area contributed by atoms with Crippen molar-refractivity contribution in [2.24, 2.45) is 29.6 Å². The van der Waals surface area contributed by atoms with E-state index in [-0.39, 0.29) is 23.9 Å². The molecule has 0 spiro atoms. The Labute approximate surface area is 100.0 Å². The summed E-state index contributed by atoms with van der Waals surface area (Å²) in [6, 6.07) is 0. The smallest absolute Gasteiger partial charge is 0.330 e. The standard InChI is InChI=1S/C13H16O4/c1-3-10(14)17-12-6(2)7-4-8(12)11-9(7)5-16-13(11)15/h3,6-9,11-12H,1,4-5H2,2H3. The van der Waals surface area contributed by atoms with Gasteiger partial charge in [-0.2, -0.15) is 0 Å². The molecule has 0 aromatic rings. The van der Waals surface area contributed by atoms with Crippen LogP contribution in [0.25, 0.3) is 0 Å². The van der Waals surface area contributed by atoms with Crippen molar-refractivity contribution < 1.29 is 19.1 Å². The monoisotopic (exact) mass is 236 g/mol. The lowest BCUT2D eigenvalue weighted by Crippen LogP contribution is -2.40. The van der Waals surface area contributed by atoms with Crippen molar-refractivity contribution in [1.29, 1.82) is 0 Å². The Morgan fingerprint density at radius 3 is 2.94 bits per heavy atom. The van der Waals surface area contributed by atoms with E-state index in [2.05, 4.69) is 13.5 Å². The van der Waals surface area contributed by atoms with Crippen LogP contribution in [0.3, 0.4) is 0 Å². The lowest BCUT2D eigenvalue weighted by molar-refractivity contribution is -0.154. The molecule has 2 saturated carbocycles. The molecule has 0 amide bonds. The number of esters is 2. The SMILES string of the molecule is C=CC(=O)OC1C(C)C2CC1C1C(=O)OCC21. The van der Waals surface area contributed by atoms with E-state index in [0.29, 0.717) is 24.4 Å².